The van der Waals surface area contributed by atoms with Gasteiger partial charge in [0.25, 0.3) is 0 Å². The molecule has 0 spiro atoms. The number of hydrogen-bond acceptors (Lipinski definition) is 0. The van der Waals surface area contributed by atoms with Crippen molar-refractivity contribution in [3.8, 4) is 0 Å². The van der Waals surface area contributed by atoms with Crippen molar-refractivity contribution in [2.75, 3.05) is 0 Å². The monoisotopic (exact) mass is 1260 g/mol. The zero-order valence-electron chi connectivity index (χ0n) is 52.9. The van der Waals surface area contributed by atoms with Gasteiger partial charge in [-0.05, 0) is 221 Å². The maximum atomic E-state index is 3.77. The van der Waals surface area contributed by atoms with Crippen LogP contribution >= 0.6 is 0 Å². The van der Waals surface area contributed by atoms with Crippen LogP contribution in [0.1, 0.15) is 228 Å². The first kappa shape index (κ1) is 63.5. The number of nitrogens with zero attached hydrogens (tertiary/aromatic N) is 2. The summed E-state index contributed by atoms with van der Waals surface area (Å²) in [5.74, 6) is 0. The minimum atomic E-state index is -0.163. The third-order valence-corrected chi connectivity index (χ3v) is 19.4. The van der Waals surface area contributed by atoms with E-state index in [2.05, 4.69) is 318 Å². The molecule has 10 nitrogen and oxygen atoms in total. The number of aromatic amines is 8. The lowest BCUT2D eigenvalue weighted by Crippen LogP contribution is -3.00. The molecule has 0 aromatic carbocycles. The van der Waals surface area contributed by atoms with Crippen LogP contribution in [0.5, 0.6) is 0 Å². The Labute approximate surface area is 521 Å². The van der Waals surface area contributed by atoms with E-state index in [1.54, 1.807) is 0 Å². The molecule has 12 rings (SSSR count). The number of aryl methyl sites for hydroxylation is 2. The van der Waals surface area contributed by atoms with Gasteiger partial charge in [0.15, 0.2) is 24.8 Å². The molecule has 12 heteroatoms. The van der Waals surface area contributed by atoms with Crippen molar-refractivity contribution >= 4 is 0 Å². The summed E-state index contributed by atoms with van der Waals surface area (Å²) in [6, 6.07) is 48.3. The molecule has 0 radical (unpaired) electrons. The summed E-state index contributed by atoms with van der Waals surface area (Å²) in [7, 11) is 0. The molecule has 0 saturated heterocycles. The zero-order chi connectivity index (χ0) is 58.7. The van der Waals surface area contributed by atoms with Crippen LogP contribution in [0, 0.1) is 0 Å². The van der Waals surface area contributed by atoms with E-state index < -0.39 is 0 Å². The normalized spacial score (nSPS) is 17.7. The summed E-state index contributed by atoms with van der Waals surface area (Å²) in [4.78, 5) is 30.2. The third kappa shape index (κ3) is 12.0. The molecule has 16 bridgehead atoms. The third-order valence-electron chi connectivity index (χ3n) is 19.4. The molecule has 2 aliphatic rings. The Morgan fingerprint density at radius 1 is 0.214 bits per heavy atom. The molecule has 0 fully saturated rings. The van der Waals surface area contributed by atoms with Gasteiger partial charge in [-0.15, -0.1) is 0 Å². The van der Waals surface area contributed by atoms with Crippen LogP contribution in [0.3, 0.4) is 0 Å². The lowest BCUT2D eigenvalue weighted by Gasteiger charge is -2.28. The maximum absolute atomic E-state index is 3.77. The first-order valence-corrected chi connectivity index (χ1v) is 30.1. The second kappa shape index (κ2) is 23.8. The largest absolute Gasteiger partial charge is 1.00 e. The fourth-order valence-corrected chi connectivity index (χ4v) is 12.3. The fraction of sp³-hybridized carbons (Fsp3) is 0.417. The summed E-state index contributed by atoms with van der Waals surface area (Å²) < 4.78 is 4.51. The molecule has 0 aliphatic carbocycles. The van der Waals surface area contributed by atoms with Crippen molar-refractivity contribution in [2.45, 2.75) is 193 Å². The molecule has 8 N–H and O–H groups in total. The average Bonchev–Trinajstić information content (AvgIpc) is 2.08. The van der Waals surface area contributed by atoms with Crippen LogP contribution in [-0.4, -0.2) is 39.9 Å². The Bertz CT molecular complexity index is 2930. The Morgan fingerprint density at radius 2 is 0.345 bits per heavy atom. The topological polar surface area (TPSA) is 134 Å². The smallest absolute Gasteiger partial charge is 0.168 e. The summed E-state index contributed by atoms with van der Waals surface area (Å²) >= 11 is 0. The Kier molecular flexibility index (Phi) is 18.0. The van der Waals surface area contributed by atoms with Gasteiger partial charge in [-0.2, -0.15) is 0 Å². The minimum absolute atomic E-state index is 0. The number of aromatic nitrogens is 10. The molecule has 446 valence electrons. The van der Waals surface area contributed by atoms with Crippen LogP contribution in [-0.2, 0) is 56.4 Å². The van der Waals surface area contributed by atoms with Crippen LogP contribution in [0.25, 0.3) is 0 Å². The molecule has 2 aliphatic heterocycles. The van der Waals surface area contributed by atoms with E-state index in [1.165, 1.54) is 117 Å². The molecule has 84 heavy (non-hydrogen) atoms. The number of fused-ring (bicyclic) bond motifs is 16. The fourth-order valence-electron chi connectivity index (χ4n) is 12.3. The van der Waals surface area contributed by atoms with E-state index in [1.807, 2.05) is 0 Å². The summed E-state index contributed by atoms with van der Waals surface area (Å²) in [5, 5.41) is 0. The van der Waals surface area contributed by atoms with E-state index in [-0.39, 0.29) is 77.3 Å². The first-order valence-electron chi connectivity index (χ1n) is 30.1. The summed E-state index contributed by atoms with van der Waals surface area (Å²) in [6.07, 6.45) is 13.7. The van der Waals surface area contributed by atoms with E-state index in [9.17, 15) is 0 Å². The average molecular weight is 1260 g/mol. The quantitative estimate of drug-likeness (QED) is 0.0571. The number of halogens is 2. The second-order valence-corrected chi connectivity index (χ2v) is 27.9. The van der Waals surface area contributed by atoms with Gasteiger partial charge in [-0.3, -0.25) is 0 Å². The summed E-state index contributed by atoms with van der Waals surface area (Å²) in [5.41, 5.74) is 18.1. The van der Waals surface area contributed by atoms with Gasteiger partial charge in [0.05, 0.1) is 0 Å². The van der Waals surface area contributed by atoms with Crippen LogP contribution in [0.4, 0.5) is 0 Å². The van der Waals surface area contributed by atoms with Gasteiger partial charge in [0.1, 0.15) is 13.1 Å². The van der Waals surface area contributed by atoms with E-state index in [0.29, 0.717) is 0 Å². The van der Waals surface area contributed by atoms with Crippen molar-refractivity contribution in [1.82, 2.24) is 39.9 Å². The highest BCUT2D eigenvalue weighted by Crippen LogP contribution is 2.43. The highest BCUT2D eigenvalue weighted by atomic mass is 79.9. The SMILES string of the molecule is CC1(C)c2ccc([nH]2)C(C)(C)c2ccc([nH]2)C(C)(C)c2ccc([nH]2)C(C)(C)c2ccc1[nH]2.CC1(C)c2ccc([nH]2)C(C)(C)c2ccc([nH]2)C(C)(C)c2ccc([nH]2)C(C)(C)c2ccc1[nH]2.[Br-].[Br-].c1cc[n+](CCCCCC[n+]2ccccc2)cc1. The lowest BCUT2D eigenvalue weighted by molar-refractivity contribution is -0.698. The summed E-state index contributed by atoms with van der Waals surface area (Å²) in [6.45, 7) is 38.8. The van der Waals surface area contributed by atoms with Crippen molar-refractivity contribution < 1.29 is 43.1 Å². The van der Waals surface area contributed by atoms with Gasteiger partial charge < -0.3 is 73.8 Å². The standard InChI is InChI=1S/2C28H36N4.C16H22N2.2BrH/c2*1-25(2)17-9-11-19(29-17)26(3,4)21-13-15-23(31-21)28(7,8)24-16-14-22(32-24)27(5,6)20-12-10-18(25)30-20;1(5-11-17-13-7-3-8-14-17)2-6-12-18-15-9-4-10-16-18;;/h2*9-16,29-32H,1-8H3;3-4,7-10,13-16H,1-2,5-6,11-12H2;2*1H/q;;+2;;/p-2. The molecule has 10 aromatic heterocycles. The van der Waals surface area contributed by atoms with Gasteiger partial charge in [0, 0.05) is 172 Å². The molecule has 0 amide bonds. The molecule has 0 saturated carbocycles. The van der Waals surface area contributed by atoms with Gasteiger partial charge in [0.2, 0.25) is 0 Å². The number of H-pyrrole nitrogens is 8. The van der Waals surface area contributed by atoms with E-state index >= 15 is 0 Å². The number of hydrogen-bond donors (Lipinski definition) is 8. The van der Waals surface area contributed by atoms with Crippen LogP contribution in [0.2, 0.25) is 0 Å². The molecular weight excluding hydrogens is 1160 g/mol. The van der Waals surface area contributed by atoms with Gasteiger partial charge >= 0.3 is 0 Å². The number of unbranched alkanes of at least 4 members (excludes halogenated alkanes) is 3. The highest BCUT2D eigenvalue weighted by Gasteiger charge is 2.39. The highest BCUT2D eigenvalue weighted by molar-refractivity contribution is 5.46. The Balaban J connectivity index is 0.000000169. The zero-order valence-corrected chi connectivity index (χ0v) is 56.1. The van der Waals surface area contributed by atoms with Crippen molar-refractivity contribution in [2.24, 2.45) is 0 Å². The second-order valence-electron chi connectivity index (χ2n) is 27.9. The number of rotatable bonds is 7. The van der Waals surface area contributed by atoms with Crippen molar-refractivity contribution in [3.63, 3.8) is 0 Å². The molecule has 10 aromatic rings. The molecule has 0 unspecified atom stereocenters. The predicted molar refractivity (Wildman–Crippen MR) is 335 cm³/mol. The first-order chi connectivity index (χ1) is 38.6. The Hall–Kier alpha value is -6.50. The lowest BCUT2D eigenvalue weighted by atomic mass is 9.85. The van der Waals surface area contributed by atoms with E-state index in [4.69, 9.17) is 0 Å². The van der Waals surface area contributed by atoms with Crippen LogP contribution < -0.4 is 43.1 Å². The minimum Gasteiger partial charge on any atom is -1.00 e. The molecular formula is C72H94Br2N10. The van der Waals surface area contributed by atoms with Crippen LogP contribution in [0.15, 0.2) is 158 Å². The maximum Gasteiger partial charge on any atom is 0.168 e. The molecule has 12 heterocycles. The Morgan fingerprint density at radius 3 is 0.476 bits per heavy atom. The number of nitrogens with one attached hydrogen (secondary N) is 8. The van der Waals surface area contributed by atoms with Gasteiger partial charge in [-0.25, -0.2) is 9.13 Å². The number of pyridine rings is 2. The predicted octanol–water partition coefficient (Wildman–Crippen LogP) is 9.76. The van der Waals surface area contributed by atoms with Crippen molar-refractivity contribution in [1.29, 1.82) is 0 Å². The van der Waals surface area contributed by atoms with Crippen molar-refractivity contribution in [3.05, 3.63) is 249 Å². The van der Waals surface area contributed by atoms with Gasteiger partial charge in [-0.1, -0.05) is 12.1 Å². The molecule has 0 atom stereocenters. The van der Waals surface area contributed by atoms with E-state index in [0.717, 1.165) is 13.1 Å².